The predicted octanol–water partition coefficient (Wildman–Crippen LogP) is 3.52. The Bertz CT molecular complexity index is 340. The molecule has 0 atom stereocenters. The zero-order valence-electron chi connectivity index (χ0n) is 14.0. The van der Waals surface area contributed by atoms with Gasteiger partial charge in [0.05, 0.1) is 0 Å². The van der Waals surface area contributed by atoms with Crippen molar-refractivity contribution in [3.05, 3.63) is 35.4 Å². The number of rotatable bonds is 6. The number of nitrogens with one attached hydrogen (secondary N) is 2. The number of thiocarbonyl (C=S) groups is 1. The van der Waals surface area contributed by atoms with Crippen LogP contribution in [0.1, 0.15) is 38.8 Å². The Hall–Kier alpha value is -0.780. The first-order chi connectivity index (χ1) is 10.3. The molecule has 0 spiro atoms. The lowest BCUT2D eigenvalue weighted by Gasteiger charge is -2.10. The van der Waals surface area contributed by atoms with E-state index in [0.717, 1.165) is 24.4 Å². The summed E-state index contributed by atoms with van der Waals surface area (Å²) in [7, 11) is 0. The molecule has 0 aliphatic heterocycles. The van der Waals surface area contributed by atoms with Crippen LogP contribution >= 0.6 is 24.0 Å². The Morgan fingerprint density at radius 1 is 1.05 bits per heavy atom. The molecule has 0 fully saturated rings. The lowest BCUT2D eigenvalue weighted by Crippen LogP contribution is -2.35. The molecule has 1 rings (SSSR count). The van der Waals surface area contributed by atoms with E-state index in [1.807, 2.05) is 39.8 Å². The minimum Gasteiger partial charge on any atom is -0.362 e. The molecule has 0 amide bonds. The van der Waals surface area contributed by atoms with Crippen LogP contribution in [0.4, 0.5) is 0 Å². The lowest BCUT2D eigenvalue weighted by atomic mass is 10.1. The highest BCUT2D eigenvalue weighted by atomic mass is 32.2. The van der Waals surface area contributed by atoms with Gasteiger partial charge in [-0.2, -0.15) is 11.8 Å². The monoisotopic (exact) mass is 329 g/mol. The van der Waals surface area contributed by atoms with Crippen molar-refractivity contribution >= 4 is 29.1 Å². The fraction of sp³-hybridized carbons (Fsp3) is 0.562. The predicted molar refractivity (Wildman–Crippen MR) is 103 cm³/mol. The molecule has 0 aromatic heterocycles. The van der Waals surface area contributed by atoms with Gasteiger partial charge in [0.15, 0.2) is 5.11 Å². The van der Waals surface area contributed by atoms with Crippen molar-refractivity contribution in [3.8, 4) is 0 Å². The minimum absolute atomic E-state index is 0.586. The Morgan fingerprint density at radius 2 is 1.57 bits per heavy atom. The summed E-state index contributed by atoms with van der Waals surface area (Å²) in [5.41, 5.74) is 7.89. The average molecular weight is 330 g/mol. The maximum Gasteiger partial charge on any atom is 0.166 e. The van der Waals surface area contributed by atoms with E-state index in [4.69, 9.17) is 18.0 Å². The second-order valence-electron chi connectivity index (χ2n) is 3.62. The van der Waals surface area contributed by atoms with E-state index >= 15 is 0 Å². The second-order valence-corrected chi connectivity index (χ2v) is 5.02. The summed E-state index contributed by atoms with van der Waals surface area (Å²) in [4.78, 5) is 0. The molecule has 0 bridgehead atoms. The van der Waals surface area contributed by atoms with Gasteiger partial charge in [0.25, 0.3) is 0 Å². The highest BCUT2D eigenvalue weighted by Gasteiger charge is 1.96. The summed E-state index contributed by atoms with van der Waals surface area (Å²) in [6.45, 7) is 10.2. The maximum atomic E-state index is 5.54. The van der Waals surface area contributed by atoms with Gasteiger partial charge in [-0.15, -0.1) is 0 Å². The third-order valence-electron chi connectivity index (χ3n) is 2.30. The van der Waals surface area contributed by atoms with E-state index in [9.17, 15) is 0 Å². The zero-order valence-corrected chi connectivity index (χ0v) is 15.7. The van der Waals surface area contributed by atoms with Crippen LogP contribution in [-0.2, 0) is 13.1 Å². The van der Waals surface area contributed by atoms with E-state index in [1.165, 1.54) is 5.56 Å². The van der Waals surface area contributed by atoms with Gasteiger partial charge in [0.2, 0.25) is 0 Å². The van der Waals surface area contributed by atoms with Crippen molar-refractivity contribution in [2.45, 2.75) is 40.8 Å². The molecule has 122 valence electrons. The van der Waals surface area contributed by atoms with E-state index in [0.29, 0.717) is 11.7 Å². The van der Waals surface area contributed by atoms with Crippen molar-refractivity contribution in [1.29, 1.82) is 0 Å². The Labute approximate surface area is 140 Å². The summed E-state index contributed by atoms with van der Waals surface area (Å²) >= 11 is 6.96. The zero-order chi connectivity index (χ0) is 16.5. The van der Waals surface area contributed by atoms with Gasteiger partial charge < -0.3 is 16.4 Å². The van der Waals surface area contributed by atoms with Crippen LogP contribution in [-0.4, -0.2) is 23.7 Å². The molecule has 4 N–H and O–H groups in total. The van der Waals surface area contributed by atoms with Gasteiger partial charge in [0, 0.05) is 25.4 Å². The van der Waals surface area contributed by atoms with E-state index in [-0.39, 0.29) is 0 Å². The number of hydrogen-bond acceptors (Lipinski definition) is 3. The Balaban J connectivity index is 0. The fourth-order valence-electron chi connectivity index (χ4n) is 1.30. The largest absolute Gasteiger partial charge is 0.362 e. The summed E-state index contributed by atoms with van der Waals surface area (Å²) in [5, 5.41) is 7.04. The number of benzene rings is 1. The summed E-state index contributed by atoms with van der Waals surface area (Å²) in [6.07, 6.45) is 2.08. The van der Waals surface area contributed by atoms with Crippen LogP contribution in [0.3, 0.4) is 0 Å². The molecule has 21 heavy (non-hydrogen) atoms. The van der Waals surface area contributed by atoms with Crippen LogP contribution in [0.25, 0.3) is 0 Å². The number of nitrogens with two attached hydrogens (primary N) is 1. The van der Waals surface area contributed by atoms with E-state index < -0.39 is 0 Å². The van der Waals surface area contributed by atoms with Gasteiger partial charge in [-0.25, -0.2) is 0 Å². The SMILES string of the molecule is CC.CC.CSCCNC(=S)NCc1ccc(CN)cc1. The Kier molecular flexibility index (Phi) is 18.5. The molecule has 0 saturated carbocycles. The van der Waals surface area contributed by atoms with Crippen molar-refractivity contribution in [1.82, 2.24) is 10.6 Å². The molecule has 1 aromatic carbocycles. The average Bonchev–Trinajstić information content (AvgIpc) is 2.57. The topological polar surface area (TPSA) is 50.1 Å². The van der Waals surface area contributed by atoms with Crippen molar-refractivity contribution in [3.63, 3.8) is 0 Å². The standard InChI is InChI=1S/C12H19N3S2.2C2H6/c1-17-7-6-14-12(16)15-9-11-4-2-10(8-13)3-5-11;2*1-2/h2-5H,6-9,13H2,1H3,(H2,14,15,16);2*1-2H3. The quantitative estimate of drug-likeness (QED) is 0.551. The molecule has 5 heteroatoms. The summed E-state index contributed by atoms with van der Waals surface area (Å²) < 4.78 is 0. The number of hydrogen-bond donors (Lipinski definition) is 3. The molecule has 0 aliphatic carbocycles. The van der Waals surface area contributed by atoms with E-state index in [1.54, 1.807) is 11.8 Å². The first-order valence-corrected chi connectivity index (χ1v) is 9.35. The van der Waals surface area contributed by atoms with Crippen molar-refractivity contribution < 1.29 is 0 Å². The van der Waals surface area contributed by atoms with Crippen LogP contribution in [0.15, 0.2) is 24.3 Å². The summed E-state index contributed by atoms with van der Waals surface area (Å²) in [5.74, 6) is 1.06. The molecular formula is C16H31N3S2. The van der Waals surface area contributed by atoms with Gasteiger partial charge in [0.1, 0.15) is 0 Å². The van der Waals surface area contributed by atoms with Crippen LogP contribution < -0.4 is 16.4 Å². The molecule has 0 aliphatic rings. The number of thioether (sulfide) groups is 1. The molecule has 1 aromatic rings. The summed E-state index contributed by atoms with van der Waals surface area (Å²) in [6, 6.07) is 8.22. The second kappa shape index (κ2) is 17.3. The van der Waals surface area contributed by atoms with Crippen molar-refractivity contribution in [2.75, 3.05) is 18.6 Å². The molecule has 3 nitrogen and oxygen atoms in total. The van der Waals surface area contributed by atoms with E-state index in [2.05, 4.69) is 29.0 Å². The van der Waals surface area contributed by atoms with Crippen LogP contribution in [0.5, 0.6) is 0 Å². The molecule has 0 radical (unpaired) electrons. The highest BCUT2D eigenvalue weighted by molar-refractivity contribution is 7.98. The fourth-order valence-corrected chi connectivity index (χ4v) is 1.79. The van der Waals surface area contributed by atoms with Gasteiger partial charge in [-0.1, -0.05) is 52.0 Å². The minimum atomic E-state index is 0.586. The Morgan fingerprint density at radius 3 is 2.05 bits per heavy atom. The van der Waals surface area contributed by atoms with Gasteiger partial charge >= 0.3 is 0 Å². The smallest absolute Gasteiger partial charge is 0.166 e. The molecular weight excluding hydrogens is 298 g/mol. The van der Waals surface area contributed by atoms with Crippen LogP contribution in [0.2, 0.25) is 0 Å². The molecule has 0 saturated heterocycles. The van der Waals surface area contributed by atoms with Crippen molar-refractivity contribution in [2.24, 2.45) is 5.73 Å². The van der Waals surface area contributed by atoms with Gasteiger partial charge in [-0.3, -0.25) is 0 Å². The third kappa shape index (κ3) is 12.7. The first kappa shape index (κ1) is 22.5. The lowest BCUT2D eigenvalue weighted by molar-refractivity contribution is 0.857. The highest BCUT2D eigenvalue weighted by Crippen LogP contribution is 2.03. The molecule has 0 unspecified atom stereocenters. The van der Waals surface area contributed by atoms with Crippen LogP contribution in [0, 0.1) is 0 Å². The first-order valence-electron chi connectivity index (χ1n) is 7.54. The van der Waals surface area contributed by atoms with Gasteiger partial charge in [-0.05, 0) is 29.6 Å². The normalized spacial score (nSPS) is 8.67. The molecule has 0 heterocycles. The third-order valence-corrected chi connectivity index (χ3v) is 3.20. The maximum absolute atomic E-state index is 5.54.